The topological polar surface area (TPSA) is 103 Å². The third-order valence-corrected chi connectivity index (χ3v) is 6.88. The van der Waals surface area contributed by atoms with E-state index in [0.717, 1.165) is 11.3 Å². The van der Waals surface area contributed by atoms with Gasteiger partial charge >= 0.3 is 0 Å². The van der Waals surface area contributed by atoms with Gasteiger partial charge in [0.05, 0.1) is 4.92 Å². The van der Waals surface area contributed by atoms with E-state index in [1.165, 1.54) is 36.0 Å². The second kappa shape index (κ2) is 8.35. The number of fused-ring (bicyclic) bond motifs is 1. The number of carbonyl (C=O) groups excluding carboxylic acids is 1. The van der Waals surface area contributed by atoms with Gasteiger partial charge in [-0.1, -0.05) is 49.9 Å². The fourth-order valence-corrected chi connectivity index (χ4v) is 5.31. The molecule has 5 rings (SSSR count). The van der Waals surface area contributed by atoms with E-state index in [4.69, 9.17) is 0 Å². The van der Waals surface area contributed by atoms with Crippen molar-refractivity contribution in [1.29, 1.82) is 0 Å². The van der Waals surface area contributed by atoms with Crippen molar-refractivity contribution in [3.63, 3.8) is 0 Å². The number of rotatable bonds is 5. The summed E-state index contributed by atoms with van der Waals surface area (Å²) in [7, 11) is 0. The number of hydrogen-bond donors (Lipinski definition) is 1. The summed E-state index contributed by atoms with van der Waals surface area (Å²) in [6.45, 7) is 4.08. The molecule has 0 radical (unpaired) electrons. The molecule has 1 aromatic heterocycles. The molecule has 2 heterocycles. The van der Waals surface area contributed by atoms with Gasteiger partial charge in [0.15, 0.2) is 5.78 Å². The van der Waals surface area contributed by atoms with Crippen LogP contribution in [0, 0.1) is 21.3 Å². The summed E-state index contributed by atoms with van der Waals surface area (Å²) in [6.07, 6.45) is 1.03. The van der Waals surface area contributed by atoms with Gasteiger partial charge in [0.25, 0.3) is 5.69 Å². The number of nitrogens with zero attached hydrogens (tertiary/aromatic N) is 4. The maximum atomic E-state index is 13.5. The molecule has 1 aliphatic heterocycles. The molecule has 0 saturated carbocycles. The van der Waals surface area contributed by atoms with Crippen LogP contribution in [0.2, 0.25) is 0 Å². The van der Waals surface area contributed by atoms with E-state index in [9.17, 15) is 19.3 Å². The van der Waals surface area contributed by atoms with Gasteiger partial charge in [-0.25, -0.2) is 9.07 Å². The number of hydrogen-bond acceptors (Lipinski definition) is 7. The first-order valence-electron chi connectivity index (χ1n) is 10.8. The highest BCUT2D eigenvalue weighted by atomic mass is 32.2. The normalized spacial score (nSPS) is 18.8. The lowest BCUT2D eigenvalue weighted by molar-refractivity contribution is -0.384. The SMILES string of the molecule is CC1(C)CC(=O)C2=C(C1)Nc1nc(SCc3cccc(F)c3)nn1[C@@H]2c1cccc([N+](=O)[O-])c1. The highest BCUT2D eigenvalue weighted by Crippen LogP contribution is 2.46. The number of anilines is 1. The van der Waals surface area contributed by atoms with Crippen LogP contribution in [0.1, 0.15) is 43.9 Å². The summed E-state index contributed by atoms with van der Waals surface area (Å²) in [5.41, 5.74) is 2.48. The lowest BCUT2D eigenvalue weighted by Gasteiger charge is -2.38. The minimum atomic E-state index is -0.620. The Balaban J connectivity index is 1.55. The number of ketones is 1. The number of nitrogens with one attached hydrogen (secondary N) is 1. The van der Waals surface area contributed by atoms with Gasteiger partial charge in [0.2, 0.25) is 11.1 Å². The van der Waals surface area contributed by atoms with Crippen molar-refractivity contribution in [3.8, 4) is 0 Å². The lowest BCUT2D eigenvalue weighted by Crippen LogP contribution is -2.36. The van der Waals surface area contributed by atoms with Crippen LogP contribution >= 0.6 is 11.8 Å². The quantitative estimate of drug-likeness (QED) is 0.302. The predicted molar refractivity (Wildman–Crippen MR) is 126 cm³/mol. The van der Waals surface area contributed by atoms with E-state index in [2.05, 4.69) is 15.4 Å². The van der Waals surface area contributed by atoms with Crippen molar-refractivity contribution >= 4 is 29.2 Å². The first-order chi connectivity index (χ1) is 16.2. The number of non-ortho nitro benzene ring substituents is 1. The summed E-state index contributed by atoms with van der Waals surface area (Å²) >= 11 is 1.35. The van der Waals surface area contributed by atoms with Gasteiger partial charge in [-0.3, -0.25) is 14.9 Å². The smallest absolute Gasteiger partial charge is 0.269 e. The van der Waals surface area contributed by atoms with Crippen molar-refractivity contribution in [2.24, 2.45) is 5.41 Å². The number of nitro benzene ring substituents is 1. The first-order valence-corrected chi connectivity index (χ1v) is 11.8. The summed E-state index contributed by atoms with van der Waals surface area (Å²) in [6, 6.07) is 12.0. The monoisotopic (exact) mass is 479 g/mol. The summed E-state index contributed by atoms with van der Waals surface area (Å²) in [4.78, 5) is 28.8. The average Bonchev–Trinajstić information content (AvgIpc) is 3.18. The van der Waals surface area contributed by atoms with E-state index < -0.39 is 11.0 Å². The van der Waals surface area contributed by atoms with Gasteiger partial charge < -0.3 is 5.32 Å². The number of halogens is 1. The highest BCUT2D eigenvalue weighted by molar-refractivity contribution is 7.98. The Morgan fingerprint density at radius 1 is 1.24 bits per heavy atom. The minimum Gasteiger partial charge on any atom is -0.328 e. The first kappa shape index (κ1) is 22.3. The van der Waals surface area contributed by atoms with Gasteiger partial charge in [-0.05, 0) is 35.1 Å². The molecule has 1 atom stereocenters. The summed E-state index contributed by atoms with van der Waals surface area (Å²) < 4.78 is 15.2. The van der Waals surface area contributed by atoms with Crippen LogP contribution < -0.4 is 5.32 Å². The number of nitro groups is 1. The molecule has 1 aliphatic carbocycles. The Morgan fingerprint density at radius 2 is 2.03 bits per heavy atom. The molecule has 2 aliphatic rings. The molecule has 8 nitrogen and oxygen atoms in total. The Kier molecular flexibility index (Phi) is 5.47. The number of benzene rings is 2. The molecule has 0 spiro atoms. The average molecular weight is 480 g/mol. The third-order valence-electron chi connectivity index (χ3n) is 5.97. The highest BCUT2D eigenvalue weighted by Gasteiger charge is 2.42. The van der Waals surface area contributed by atoms with Crippen LogP contribution in [0.25, 0.3) is 0 Å². The molecular formula is C24H22FN5O3S. The molecule has 0 saturated heterocycles. The van der Waals surface area contributed by atoms with E-state index in [1.807, 2.05) is 19.9 Å². The number of allylic oxidation sites excluding steroid dienone is 2. The summed E-state index contributed by atoms with van der Waals surface area (Å²) in [5, 5.41) is 19.8. The van der Waals surface area contributed by atoms with E-state index in [0.29, 0.717) is 40.8 Å². The Labute approximate surface area is 199 Å². The number of Topliss-reactive ketones (excluding diaryl/α,β-unsaturated/α-hetero) is 1. The maximum Gasteiger partial charge on any atom is 0.269 e. The molecular weight excluding hydrogens is 457 g/mol. The van der Waals surface area contributed by atoms with E-state index in [-0.39, 0.29) is 22.7 Å². The van der Waals surface area contributed by atoms with Crippen LogP contribution in [0.5, 0.6) is 0 Å². The van der Waals surface area contributed by atoms with Crippen molar-refractivity contribution < 1.29 is 14.1 Å². The zero-order valence-corrected chi connectivity index (χ0v) is 19.4. The van der Waals surface area contributed by atoms with Gasteiger partial charge in [0, 0.05) is 35.6 Å². The second-order valence-corrected chi connectivity index (χ2v) is 10.2. The Hall–Kier alpha value is -3.53. The van der Waals surface area contributed by atoms with Crippen molar-refractivity contribution in [2.75, 3.05) is 5.32 Å². The standard InChI is InChI=1S/C24H22FN5O3S/c1-24(2)11-18-20(19(31)12-24)21(15-6-4-8-17(10-15)30(32)33)29-22(26-18)27-23(28-29)34-13-14-5-3-7-16(25)9-14/h3-10,21H,11-13H2,1-2H3,(H,26,27,28)/t21-/m1/s1. The largest absolute Gasteiger partial charge is 0.328 e. The predicted octanol–water partition coefficient (Wildman–Crippen LogP) is 5.28. The Morgan fingerprint density at radius 3 is 2.79 bits per heavy atom. The molecule has 1 N–H and O–H groups in total. The molecule has 0 fully saturated rings. The molecule has 2 aromatic carbocycles. The van der Waals surface area contributed by atoms with Crippen molar-refractivity contribution in [2.45, 2.75) is 43.6 Å². The van der Waals surface area contributed by atoms with Crippen LogP contribution in [0.15, 0.2) is 65.0 Å². The van der Waals surface area contributed by atoms with E-state index in [1.54, 1.807) is 22.9 Å². The summed E-state index contributed by atoms with van der Waals surface area (Å²) in [5.74, 6) is 0.635. The van der Waals surface area contributed by atoms with Gasteiger partial charge in [0.1, 0.15) is 11.9 Å². The zero-order valence-electron chi connectivity index (χ0n) is 18.6. The lowest BCUT2D eigenvalue weighted by atomic mass is 9.73. The fraction of sp³-hybridized carbons (Fsp3) is 0.292. The molecule has 0 bridgehead atoms. The van der Waals surface area contributed by atoms with Crippen LogP contribution in [-0.4, -0.2) is 25.5 Å². The van der Waals surface area contributed by atoms with Crippen LogP contribution in [-0.2, 0) is 10.5 Å². The Bertz CT molecular complexity index is 1350. The van der Waals surface area contributed by atoms with E-state index >= 15 is 0 Å². The van der Waals surface area contributed by atoms with Crippen LogP contribution in [0.3, 0.4) is 0 Å². The fourth-order valence-electron chi connectivity index (χ4n) is 4.54. The molecule has 3 aromatic rings. The zero-order chi connectivity index (χ0) is 24.0. The molecule has 34 heavy (non-hydrogen) atoms. The van der Waals surface area contributed by atoms with Gasteiger partial charge in [-0.2, -0.15) is 4.98 Å². The molecule has 0 amide bonds. The third kappa shape index (κ3) is 4.21. The van der Waals surface area contributed by atoms with Crippen molar-refractivity contribution in [1.82, 2.24) is 14.8 Å². The molecule has 174 valence electrons. The number of aromatic nitrogens is 3. The van der Waals surface area contributed by atoms with Crippen LogP contribution in [0.4, 0.5) is 16.0 Å². The van der Waals surface area contributed by atoms with Gasteiger partial charge in [-0.15, -0.1) is 5.10 Å². The maximum absolute atomic E-state index is 13.5. The minimum absolute atomic E-state index is 0.00892. The van der Waals surface area contributed by atoms with Crippen molar-refractivity contribution in [3.05, 3.63) is 86.9 Å². The molecule has 10 heteroatoms. The second-order valence-electron chi connectivity index (χ2n) is 9.29. The number of thioether (sulfide) groups is 1. The number of carbonyl (C=O) groups is 1. The molecule has 0 unspecified atom stereocenters.